The number of amides is 1. The van der Waals surface area contributed by atoms with Crippen molar-refractivity contribution in [2.24, 2.45) is 5.10 Å². The van der Waals surface area contributed by atoms with E-state index in [2.05, 4.69) is 22.7 Å². The number of nitrogens with one attached hydrogen (secondary N) is 1. The molecule has 130 valence electrons. The summed E-state index contributed by atoms with van der Waals surface area (Å²) in [6, 6.07) is 22.0. The molecule has 26 heavy (non-hydrogen) atoms. The number of hydrogen-bond acceptors (Lipinski definition) is 3. The minimum atomic E-state index is -0.256. The molecule has 0 unspecified atom stereocenters. The Hall–Kier alpha value is -3.14. The first kappa shape index (κ1) is 16.3. The molecule has 4 nitrogen and oxygen atoms in total. The van der Waals surface area contributed by atoms with Crippen LogP contribution in [0.3, 0.4) is 0 Å². The largest absolute Gasteiger partial charge is 0.483 e. The van der Waals surface area contributed by atoms with Gasteiger partial charge in [-0.15, -0.1) is 0 Å². The number of hydrogen-bond donors (Lipinski definition) is 1. The molecule has 0 bridgehead atoms. The van der Waals surface area contributed by atoms with Gasteiger partial charge in [-0.25, -0.2) is 5.43 Å². The molecule has 0 radical (unpaired) electrons. The fourth-order valence-electron chi connectivity index (χ4n) is 3.34. The van der Waals surface area contributed by atoms with Crippen LogP contribution < -0.4 is 10.2 Å². The third kappa shape index (κ3) is 3.45. The average molecular weight is 344 g/mol. The smallest absolute Gasteiger partial charge is 0.277 e. The summed E-state index contributed by atoms with van der Waals surface area (Å²) in [5.74, 6) is 0.447. The molecular weight excluding hydrogens is 324 g/mol. The number of nitrogens with zero attached hydrogens (tertiary/aromatic N) is 1. The molecule has 1 aliphatic carbocycles. The molecule has 0 aromatic heterocycles. The molecule has 4 heteroatoms. The molecule has 1 N–H and O–H groups in total. The van der Waals surface area contributed by atoms with E-state index >= 15 is 0 Å². The number of aryl methyl sites for hydroxylation is 1. The predicted octanol–water partition coefficient (Wildman–Crippen LogP) is 4.08. The van der Waals surface area contributed by atoms with Gasteiger partial charge in [0.15, 0.2) is 6.61 Å². The maximum atomic E-state index is 12.2. The van der Waals surface area contributed by atoms with Crippen molar-refractivity contribution in [2.75, 3.05) is 6.61 Å². The van der Waals surface area contributed by atoms with Crippen molar-refractivity contribution in [3.05, 3.63) is 77.9 Å². The Morgan fingerprint density at radius 3 is 2.73 bits per heavy atom. The zero-order chi connectivity index (χ0) is 17.8. The molecular formula is C22H20N2O2. The quantitative estimate of drug-likeness (QED) is 0.725. The number of rotatable bonds is 4. The van der Waals surface area contributed by atoms with E-state index < -0.39 is 0 Å². The van der Waals surface area contributed by atoms with Crippen LogP contribution in [0.15, 0.2) is 71.8 Å². The highest BCUT2D eigenvalue weighted by Crippen LogP contribution is 2.25. The molecule has 3 aromatic carbocycles. The van der Waals surface area contributed by atoms with Crippen LogP contribution in [-0.2, 0) is 11.2 Å². The van der Waals surface area contributed by atoms with Crippen LogP contribution in [0.5, 0.6) is 5.75 Å². The van der Waals surface area contributed by atoms with Crippen LogP contribution in [0.1, 0.15) is 24.0 Å². The van der Waals surface area contributed by atoms with Gasteiger partial charge in [-0.3, -0.25) is 4.79 Å². The second-order valence-corrected chi connectivity index (χ2v) is 6.37. The van der Waals surface area contributed by atoms with Crippen molar-refractivity contribution in [1.82, 2.24) is 5.43 Å². The Balaban J connectivity index is 1.42. The van der Waals surface area contributed by atoms with E-state index in [1.807, 2.05) is 54.6 Å². The van der Waals surface area contributed by atoms with Crippen LogP contribution in [0.4, 0.5) is 0 Å². The minimum Gasteiger partial charge on any atom is -0.483 e. The third-order valence-electron chi connectivity index (χ3n) is 4.61. The average Bonchev–Trinajstić information content (AvgIpc) is 2.70. The Kier molecular flexibility index (Phi) is 4.65. The number of ether oxygens (including phenoxy) is 1. The first-order chi connectivity index (χ1) is 12.8. The van der Waals surface area contributed by atoms with Crippen LogP contribution >= 0.6 is 0 Å². The highest BCUT2D eigenvalue weighted by atomic mass is 16.5. The second-order valence-electron chi connectivity index (χ2n) is 6.37. The number of carbonyl (C=O) groups excluding carboxylic acids is 1. The summed E-state index contributed by atoms with van der Waals surface area (Å²) in [4.78, 5) is 12.2. The molecule has 1 aliphatic rings. The summed E-state index contributed by atoms with van der Waals surface area (Å²) in [6.07, 6.45) is 2.99. The normalized spacial score (nSPS) is 14.8. The minimum absolute atomic E-state index is 0.0631. The van der Waals surface area contributed by atoms with Gasteiger partial charge in [0.1, 0.15) is 5.75 Å². The van der Waals surface area contributed by atoms with Gasteiger partial charge < -0.3 is 4.74 Å². The molecule has 0 saturated heterocycles. The van der Waals surface area contributed by atoms with Crippen molar-refractivity contribution in [3.63, 3.8) is 0 Å². The van der Waals surface area contributed by atoms with Crippen molar-refractivity contribution >= 4 is 22.4 Å². The van der Waals surface area contributed by atoms with Crippen LogP contribution in [0.2, 0.25) is 0 Å². The fraction of sp³-hybridized carbons (Fsp3) is 0.182. The monoisotopic (exact) mass is 344 g/mol. The molecule has 0 aliphatic heterocycles. The van der Waals surface area contributed by atoms with Gasteiger partial charge in [-0.1, -0.05) is 60.7 Å². The van der Waals surface area contributed by atoms with Crippen LogP contribution in [0, 0.1) is 0 Å². The van der Waals surface area contributed by atoms with E-state index in [4.69, 9.17) is 4.74 Å². The zero-order valence-corrected chi connectivity index (χ0v) is 14.4. The van der Waals surface area contributed by atoms with Gasteiger partial charge >= 0.3 is 0 Å². The van der Waals surface area contributed by atoms with E-state index in [9.17, 15) is 4.79 Å². The third-order valence-corrected chi connectivity index (χ3v) is 4.61. The summed E-state index contributed by atoms with van der Waals surface area (Å²) in [5, 5.41) is 6.42. The lowest BCUT2D eigenvalue weighted by atomic mass is 9.90. The first-order valence-corrected chi connectivity index (χ1v) is 8.85. The van der Waals surface area contributed by atoms with Gasteiger partial charge in [-0.2, -0.15) is 5.10 Å². The molecule has 0 fully saturated rings. The Morgan fingerprint density at radius 1 is 0.962 bits per heavy atom. The Morgan fingerprint density at radius 2 is 1.77 bits per heavy atom. The molecule has 0 heterocycles. The summed E-state index contributed by atoms with van der Waals surface area (Å²) in [5.41, 5.74) is 5.99. The molecule has 3 aromatic rings. The number of fused-ring (bicyclic) bond motifs is 2. The SMILES string of the molecule is O=C(COc1cccc2ccccc12)N/N=C1\CCCc2ccccc21. The summed E-state index contributed by atoms with van der Waals surface area (Å²) < 4.78 is 5.71. The van der Waals surface area contributed by atoms with E-state index in [0.29, 0.717) is 5.75 Å². The van der Waals surface area contributed by atoms with Crippen molar-refractivity contribution in [3.8, 4) is 5.75 Å². The van der Waals surface area contributed by atoms with Gasteiger partial charge in [0.2, 0.25) is 0 Å². The van der Waals surface area contributed by atoms with Crippen molar-refractivity contribution in [1.29, 1.82) is 0 Å². The Bertz CT molecular complexity index is 973. The van der Waals surface area contributed by atoms with Gasteiger partial charge in [-0.05, 0) is 36.3 Å². The van der Waals surface area contributed by atoms with Gasteiger partial charge in [0.05, 0.1) is 5.71 Å². The second kappa shape index (κ2) is 7.40. The summed E-state index contributed by atoms with van der Waals surface area (Å²) in [7, 11) is 0. The van der Waals surface area contributed by atoms with E-state index in [1.165, 1.54) is 5.56 Å². The molecule has 4 rings (SSSR count). The summed E-state index contributed by atoms with van der Waals surface area (Å²) in [6.45, 7) is -0.0631. The van der Waals surface area contributed by atoms with Crippen LogP contribution in [0.25, 0.3) is 10.8 Å². The lowest BCUT2D eigenvalue weighted by molar-refractivity contribution is -0.123. The van der Waals surface area contributed by atoms with Gasteiger partial charge in [0.25, 0.3) is 5.91 Å². The van der Waals surface area contributed by atoms with E-state index in [0.717, 1.165) is 41.3 Å². The maximum Gasteiger partial charge on any atom is 0.277 e. The number of hydrazone groups is 1. The van der Waals surface area contributed by atoms with E-state index in [1.54, 1.807) is 0 Å². The Labute approximate surface area is 152 Å². The number of carbonyl (C=O) groups is 1. The standard InChI is InChI=1S/C22H20N2O2/c25-22(15-26-21-14-6-10-17-8-2-4-12-19(17)21)24-23-20-13-5-9-16-7-1-3-11-18(16)20/h1-4,6-8,10-12,14H,5,9,13,15H2,(H,24,25)/b23-20+. The summed E-state index contributed by atoms with van der Waals surface area (Å²) >= 11 is 0. The maximum absolute atomic E-state index is 12.2. The highest BCUT2D eigenvalue weighted by Gasteiger charge is 2.15. The molecule has 1 amide bonds. The molecule has 0 spiro atoms. The van der Waals surface area contributed by atoms with Crippen molar-refractivity contribution < 1.29 is 9.53 Å². The first-order valence-electron chi connectivity index (χ1n) is 8.85. The van der Waals surface area contributed by atoms with Crippen molar-refractivity contribution in [2.45, 2.75) is 19.3 Å². The lowest BCUT2D eigenvalue weighted by Gasteiger charge is -2.17. The molecule has 0 saturated carbocycles. The van der Waals surface area contributed by atoms with Gasteiger partial charge in [0, 0.05) is 10.9 Å². The zero-order valence-electron chi connectivity index (χ0n) is 14.4. The van der Waals surface area contributed by atoms with E-state index in [-0.39, 0.29) is 12.5 Å². The predicted molar refractivity (Wildman–Crippen MR) is 104 cm³/mol. The topological polar surface area (TPSA) is 50.7 Å². The number of benzene rings is 3. The molecule has 0 atom stereocenters. The van der Waals surface area contributed by atoms with Crippen LogP contribution in [-0.4, -0.2) is 18.2 Å². The lowest BCUT2D eigenvalue weighted by Crippen LogP contribution is -2.27. The fourth-order valence-corrected chi connectivity index (χ4v) is 3.34. The highest BCUT2D eigenvalue weighted by molar-refractivity contribution is 6.03.